The van der Waals surface area contributed by atoms with Crippen molar-refractivity contribution in [2.45, 2.75) is 46.0 Å². The molecule has 30 heavy (non-hydrogen) atoms. The second-order valence-electron chi connectivity index (χ2n) is 7.65. The zero-order valence-electron chi connectivity index (χ0n) is 18.3. The Hall–Kier alpha value is -2.47. The third-order valence-corrected chi connectivity index (χ3v) is 6.40. The third-order valence-electron chi connectivity index (χ3n) is 5.31. The number of carbonyl (C=O) groups is 1. The first kappa shape index (κ1) is 22.2. The van der Waals surface area contributed by atoms with Crippen molar-refractivity contribution >= 4 is 33.3 Å². The maximum atomic E-state index is 12.8. The van der Waals surface area contributed by atoms with Gasteiger partial charge in [-0.05, 0) is 24.5 Å². The summed E-state index contributed by atoms with van der Waals surface area (Å²) >= 11 is 1.68. The second kappa shape index (κ2) is 11.1. The molecule has 6 heteroatoms. The van der Waals surface area contributed by atoms with Gasteiger partial charge >= 0.3 is 0 Å². The van der Waals surface area contributed by atoms with Gasteiger partial charge in [0.25, 0.3) is 0 Å². The number of hydrogen-bond acceptors (Lipinski definition) is 5. The van der Waals surface area contributed by atoms with Gasteiger partial charge in [-0.1, -0.05) is 57.0 Å². The van der Waals surface area contributed by atoms with Crippen LogP contribution in [-0.2, 0) is 4.79 Å². The van der Waals surface area contributed by atoms with Gasteiger partial charge in [-0.2, -0.15) is 0 Å². The molecule has 2 aromatic heterocycles. The van der Waals surface area contributed by atoms with Crippen LogP contribution in [0.1, 0.15) is 46.0 Å². The number of nitrogens with zero attached hydrogens (tertiary/aromatic N) is 4. The number of anilines is 1. The second-order valence-corrected chi connectivity index (χ2v) is 8.68. The zero-order valence-corrected chi connectivity index (χ0v) is 19.1. The molecule has 0 saturated carbocycles. The number of thiophene rings is 1. The van der Waals surface area contributed by atoms with E-state index >= 15 is 0 Å². The first-order valence-electron chi connectivity index (χ1n) is 10.9. The lowest BCUT2D eigenvalue weighted by atomic mass is 10.2. The van der Waals surface area contributed by atoms with E-state index in [2.05, 4.69) is 46.9 Å². The van der Waals surface area contributed by atoms with Crippen LogP contribution in [0, 0.1) is 0 Å². The summed E-state index contributed by atoms with van der Waals surface area (Å²) in [6.45, 7) is 6.71. The Labute approximate surface area is 183 Å². The summed E-state index contributed by atoms with van der Waals surface area (Å²) < 4.78 is 0. The zero-order chi connectivity index (χ0) is 21.3. The first-order valence-corrected chi connectivity index (χ1v) is 11.7. The molecule has 3 rings (SSSR count). The fourth-order valence-electron chi connectivity index (χ4n) is 3.48. The highest BCUT2D eigenvalue weighted by atomic mass is 32.1. The molecule has 160 valence electrons. The fourth-order valence-corrected chi connectivity index (χ4v) is 4.48. The van der Waals surface area contributed by atoms with E-state index in [0.717, 1.165) is 54.8 Å². The normalized spacial score (nSPS) is 11.0. The Kier molecular flexibility index (Phi) is 8.20. The van der Waals surface area contributed by atoms with E-state index in [4.69, 9.17) is 0 Å². The molecule has 0 radical (unpaired) electrons. The predicted molar refractivity (Wildman–Crippen MR) is 127 cm³/mol. The minimum atomic E-state index is 0.240. The number of carbonyl (C=O) groups excluding carboxylic acids is 1. The Balaban J connectivity index is 1.71. The number of hydrogen-bond donors (Lipinski definition) is 0. The molecule has 0 atom stereocenters. The van der Waals surface area contributed by atoms with Gasteiger partial charge in [0.05, 0.1) is 5.39 Å². The molecule has 2 heterocycles. The summed E-state index contributed by atoms with van der Waals surface area (Å²) in [5, 5.41) is 1.05. The standard InChI is InChI=1S/C24H32N4OS/c1-4-6-14-28(15-7-5-2)22(29)13-16-27(3)23-20-17-21(19-11-9-8-10-12-19)30-24(20)26-18-25-23/h8-12,17-18H,4-7,13-16H2,1-3H3. The lowest BCUT2D eigenvalue weighted by Gasteiger charge is -2.24. The minimum absolute atomic E-state index is 0.240. The number of amides is 1. The van der Waals surface area contributed by atoms with E-state index in [-0.39, 0.29) is 5.91 Å². The molecule has 5 nitrogen and oxygen atoms in total. The molecular formula is C24H32N4OS. The first-order chi connectivity index (χ1) is 14.6. The summed E-state index contributed by atoms with van der Waals surface area (Å²) in [4.78, 5) is 28.1. The lowest BCUT2D eigenvalue weighted by molar-refractivity contribution is -0.131. The van der Waals surface area contributed by atoms with Crippen LogP contribution in [0.2, 0.25) is 0 Å². The highest BCUT2D eigenvalue weighted by Crippen LogP contribution is 2.35. The summed E-state index contributed by atoms with van der Waals surface area (Å²) in [5.41, 5.74) is 1.19. The van der Waals surface area contributed by atoms with E-state index in [1.165, 1.54) is 10.4 Å². The van der Waals surface area contributed by atoms with Crippen molar-refractivity contribution in [3.63, 3.8) is 0 Å². The van der Waals surface area contributed by atoms with Crippen molar-refractivity contribution in [3.8, 4) is 10.4 Å². The Morgan fingerprint density at radius 1 is 1.00 bits per heavy atom. The molecule has 0 spiro atoms. The van der Waals surface area contributed by atoms with Crippen LogP contribution in [0.3, 0.4) is 0 Å². The van der Waals surface area contributed by atoms with E-state index in [1.54, 1.807) is 17.7 Å². The van der Waals surface area contributed by atoms with E-state index in [0.29, 0.717) is 13.0 Å². The van der Waals surface area contributed by atoms with E-state index in [1.807, 2.05) is 30.1 Å². The summed E-state index contributed by atoms with van der Waals surface area (Å²) in [6.07, 6.45) is 6.47. The van der Waals surface area contributed by atoms with Crippen LogP contribution in [-0.4, -0.2) is 47.5 Å². The van der Waals surface area contributed by atoms with Gasteiger partial charge in [0.15, 0.2) is 0 Å². The van der Waals surface area contributed by atoms with Crippen LogP contribution in [0.15, 0.2) is 42.7 Å². The van der Waals surface area contributed by atoms with Gasteiger partial charge in [-0.25, -0.2) is 9.97 Å². The average molecular weight is 425 g/mol. The maximum Gasteiger partial charge on any atom is 0.224 e. The number of fused-ring (bicyclic) bond motifs is 1. The van der Waals surface area contributed by atoms with Crippen LogP contribution < -0.4 is 4.90 Å². The SMILES string of the molecule is CCCCN(CCCC)C(=O)CCN(C)c1ncnc2sc(-c3ccccc3)cc12. The quantitative estimate of drug-likeness (QED) is 0.401. The van der Waals surface area contributed by atoms with Crippen molar-refractivity contribution in [3.05, 3.63) is 42.7 Å². The summed E-state index contributed by atoms with van der Waals surface area (Å²) in [7, 11) is 2.01. The number of benzene rings is 1. The monoisotopic (exact) mass is 424 g/mol. The summed E-state index contributed by atoms with van der Waals surface area (Å²) in [5.74, 6) is 1.13. The molecule has 0 aliphatic rings. The Morgan fingerprint density at radius 3 is 2.37 bits per heavy atom. The lowest BCUT2D eigenvalue weighted by Crippen LogP contribution is -2.35. The van der Waals surface area contributed by atoms with Crippen molar-refractivity contribution in [1.29, 1.82) is 0 Å². The van der Waals surface area contributed by atoms with Crippen LogP contribution in [0.4, 0.5) is 5.82 Å². The van der Waals surface area contributed by atoms with Crippen LogP contribution in [0.25, 0.3) is 20.7 Å². The fraction of sp³-hybridized carbons (Fsp3) is 0.458. The van der Waals surface area contributed by atoms with Crippen molar-refractivity contribution in [2.75, 3.05) is 31.6 Å². The highest BCUT2D eigenvalue weighted by molar-refractivity contribution is 7.21. The molecular weight excluding hydrogens is 392 g/mol. The Bertz CT molecular complexity index is 933. The van der Waals surface area contributed by atoms with Crippen LogP contribution in [0.5, 0.6) is 0 Å². The smallest absolute Gasteiger partial charge is 0.224 e. The third kappa shape index (κ3) is 5.57. The largest absolute Gasteiger partial charge is 0.359 e. The predicted octanol–water partition coefficient (Wildman–Crippen LogP) is 5.61. The molecule has 1 aromatic carbocycles. The molecule has 0 fully saturated rings. The van der Waals surface area contributed by atoms with E-state index < -0.39 is 0 Å². The number of rotatable bonds is 11. The van der Waals surface area contributed by atoms with Crippen molar-refractivity contribution in [1.82, 2.24) is 14.9 Å². The van der Waals surface area contributed by atoms with Gasteiger partial charge in [0.2, 0.25) is 5.91 Å². The van der Waals surface area contributed by atoms with Crippen molar-refractivity contribution < 1.29 is 4.79 Å². The summed E-state index contributed by atoms with van der Waals surface area (Å²) in [6, 6.07) is 12.5. The molecule has 0 saturated heterocycles. The van der Waals surface area contributed by atoms with Crippen LogP contribution >= 0.6 is 11.3 Å². The number of unbranched alkanes of at least 4 members (excludes halogenated alkanes) is 2. The van der Waals surface area contributed by atoms with Crippen molar-refractivity contribution in [2.24, 2.45) is 0 Å². The van der Waals surface area contributed by atoms with Gasteiger partial charge in [-0.15, -0.1) is 11.3 Å². The Morgan fingerprint density at radius 2 is 1.70 bits per heavy atom. The van der Waals surface area contributed by atoms with E-state index in [9.17, 15) is 4.79 Å². The molecule has 3 aromatic rings. The number of aromatic nitrogens is 2. The average Bonchev–Trinajstić information content (AvgIpc) is 3.22. The molecule has 0 unspecified atom stereocenters. The molecule has 0 bridgehead atoms. The maximum absolute atomic E-state index is 12.8. The van der Waals surface area contributed by atoms with Gasteiger partial charge < -0.3 is 9.80 Å². The molecule has 1 amide bonds. The van der Waals surface area contributed by atoms with Gasteiger partial charge in [-0.3, -0.25) is 4.79 Å². The van der Waals surface area contributed by atoms with Gasteiger partial charge in [0.1, 0.15) is 17.0 Å². The minimum Gasteiger partial charge on any atom is -0.359 e. The highest BCUT2D eigenvalue weighted by Gasteiger charge is 2.16. The molecule has 0 aliphatic heterocycles. The topological polar surface area (TPSA) is 49.3 Å². The molecule has 0 N–H and O–H groups in total. The molecule has 0 aliphatic carbocycles. The van der Waals surface area contributed by atoms with Gasteiger partial charge in [0, 0.05) is 38.0 Å².